The van der Waals surface area contributed by atoms with Crippen molar-refractivity contribution in [2.75, 3.05) is 0 Å². The van der Waals surface area contributed by atoms with Gasteiger partial charge in [-0.25, -0.2) is 15.0 Å². The van der Waals surface area contributed by atoms with E-state index in [1.807, 2.05) is 36.4 Å². The molecule has 0 bridgehead atoms. The fourth-order valence-electron chi connectivity index (χ4n) is 9.82. The summed E-state index contributed by atoms with van der Waals surface area (Å²) in [6.45, 7) is 1.70. The van der Waals surface area contributed by atoms with Crippen molar-refractivity contribution in [3.8, 4) is 62.1 Å². The van der Waals surface area contributed by atoms with Crippen molar-refractivity contribution >= 4 is 216 Å². The minimum absolute atomic E-state index is 0.00849. The number of aromatic nitrogens is 4. The molecule has 9 aromatic carbocycles. The molecule has 0 amide bonds. The predicted octanol–water partition coefficient (Wildman–Crippen LogP) is -2.32. The fraction of sp³-hybridized carbons (Fsp3) is 0.0192. The number of nitrogens with zero attached hydrogens (tertiary/aromatic N) is 4. The second kappa shape index (κ2) is 16.5. The van der Waals surface area contributed by atoms with Gasteiger partial charge in [0.25, 0.3) is 0 Å². The van der Waals surface area contributed by atoms with Crippen LogP contribution >= 0.6 is 0 Å². The molecule has 0 unspecified atom stereocenters. The zero-order valence-corrected chi connectivity index (χ0v) is 37.2. The van der Waals surface area contributed by atoms with Gasteiger partial charge in [0.1, 0.15) is 102 Å². The first kappa shape index (κ1) is 44.9. The topological polar surface area (TPSA) is 43.6 Å². The summed E-state index contributed by atoms with van der Waals surface area (Å²) >= 11 is 0. The van der Waals surface area contributed by atoms with Gasteiger partial charge in [0, 0.05) is 33.2 Å². The molecule has 0 spiro atoms. The van der Waals surface area contributed by atoms with E-state index in [9.17, 15) is 0 Å². The normalized spacial score (nSPS) is 11.7. The van der Waals surface area contributed by atoms with Crippen LogP contribution in [0.1, 0.15) is 5.56 Å². The molecule has 0 aliphatic heterocycles. The standard InChI is InChI=1S/C52H21B13N4/c1-20-37(53)33(41(57)46(62)38(20)54)34-39(55)42(58)35(43(59)40(34)56)51-66-50(67-52(68-51)36-44(60)47(63)49(65)48(64)45(36)61)23-18-28-26-14-6-5-13-25(26)27-15-8-16-29-31(27)32(28)30(19-23)69(29)24-12-7-11-22(17-24)21-9-3-2-4-10-21/h2-19H,1H3. The molecule has 0 fully saturated rings. The van der Waals surface area contributed by atoms with E-state index in [2.05, 4.69) is 77.4 Å². The minimum Gasteiger partial charge on any atom is -0.309 e. The molecule has 2 aromatic heterocycles. The lowest BCUT2D eigenvalue weighted by atomic mass is 9.58. The second-order valence-electron chi connectivity index (χ2n) is 17.2. The van der Waals surface area contributed by atoms with Crippen molar-refractivity contribution < 1.29 is 0 Å². The molecule has 0 saturated heterocycles. The van der Waals surface area contributed by atoms with E-state index in [1.165, 1.54) is 0 Å². The van der Waals surface area contributed by atoms with Crippen LogP contribution in [0.5, 0.6) is 0 Å². The Hall–Kier alpha value is -6.59. The molecular weight excluding hydrogens is 821 g/mol. The third-order valence-electron chi connectivity index (χ3n) is 13.5. The molecule has 69 heavy (non-hydrogen) atoms. The van der Waals surface area contributed by atoms with Crippen LogP contribution < -0.4 is 71.0 Å². The van der Waals surface area contributed by atoms with Crippen molar-refractivity contribution in [1.29, 1.82) is 0 Å². The van der Waals surface area contributed by atoms with Gasteiger partial charge < -0.3 is 4.57 Å². The zero-order valence-electron chi connectivity index (χ0n) is 37.2. The van der Waals surface area contributed by atoms with Gasteiger partial charge in [0.05, 0.1) is 11.0 Å². The molecule has 11 rings (SSSR count). The van der Waals surface area contributed by atoms with E-state index in [0.717, 1.165) is 60.2 Å². The quantitative estimate of drug-likeness (QED) is 0.140. The van der Waals surface area contributed by atoms with Crippen molar-refractivity contribution in [2.24, 2.45) is 0 Å². The summed E-state index contributed by atoms with van der Waals surface area (Å²) < 4.78 is 2.26. The maximum Gasteiger partial charge on any atom is 0.164 e. The van der Waals surface area contributed by atoms with Gasteiger partial charge in [-0.3, -0.25) is 0 Å². The van der Waals surface area contributed by atoms with E-state index in [0.29, 0.717) is 11.1 Å². The van der Waals surface area contributed by atoms with Crippen LogP contribution in [0.2, 0.25) is 0 Å². The van der Waals surface area contributed by atoms with Crippen molar-refractivity contribution in [1.82, 2.24) is 19.5 Å². The summed E-state index contributed by atoms with van der Waals surface area (Å²) in [6.07, 6.45) is 0. The first-order valence-corrected chi connectivity index (χ1v) is 21.7. The van der Waals surface area contributed by atoms with Gasteiger partial charge in [-0.05, 0) is 81.1 Å². The van der Waals surface area contributed by atoms with E-state index in [4.69, 9.17) is 117 Å². The van der Waals surface area contributed by atoms with Crippen molar-refractivity contribution in [3.05, 3.63) is 115 Å². The third-order valence-corrected chi connectivity index (χ3v) is 13.5. The van der Waals surface area contributed by atoms with E-state index < -0.39 is 0 Å². The third kappa shape index (κ3) is 6.66. The summed E-state index contributed by atoms with van der Waals surface area (Å²) in [6, 6.07) is 37.5. The summed E-state index contributed by atoms with van der Waals surface area (Å²) in [4.78, 5) is 15.1. The second-order valence-corrected chi connectivity index (χ2v) is 17.2. The molecule has 0 aliphatic rings. The molecule has 0 aliphatic carbocycles. The molecular formula is C52H21B13N4. The highest BCUT2D eigenvalue weighted by Gasteiger charge is 2.26. The average molecular weight is 842 g/mol. The van der Waals surface area contributed by atoms with Gasteiger partial charge in [0.15, 0.2) is 17.5 Å². The Morgan fingerprint density at radius 1 is 0.319 bits per heavy atom. The van der Waals surface area contributed by atoms with Gasteiger partial charge in [-0.15, -0.1) is 27.3 Å². The Kier molecular flexibility index (Phi) is 10.8. The monoisotopic (exact) mass is 844 g/mol. The minimum atomic E-state index is -0.0469. The lowest BCUT2D eigenvalue weighted by Crippen LogP contribution is -2.55. The van der Waals surface area contributed by atoms with E-state index in [1.54, 1.807) is 6.92 Å². The lowest BCUT2D eigenvalue weighted by molar-refractivity contribution is 1.08. The molecule has 17 heteroatoms. The van der Waals surface area contributed by atoms with Gasteiger partial charge in [0.2, 0.25) is 0 Å². The van der Waals surface area contributed by atoms with Crippen LogP contribution in [0, 0.1) is 6.92 Å². The van der Waals surface area contributed by atoms with Crippen LogP contribution in [0.15, 0.2) is 109 Å². The highest BCUT2D eigenvalue weighted by Crippen LogP contribution is 2.45. The molecule has 288 valence electrons. The van der Waals surface area contributed by atoms with Crippen LogP contribution in [0.4, 0.5) is 0 Å². The number of rotatable bonds is 6. The number of hydrogen-bond acceptors (Lipinski definition) is 3. The number of fused-ring (bicyclic) bond motifs is 3. The molecule has 0 N–H and O–H groups in total. The number of hydrogen-bond donors (Lipinski definition) is 0. The molecule has 2 heterocycles. The predicted molar refractivity (Wildman–Crippen MR) is 302 cm³/mol. The largest absolute Gasteiger partial charge is 0.309 e. The molecule has 0 atom stereocenters. The summed E-state index contributed by atoms with van der Waals surface area (Å²) in [5, 5.41) is 6.31. The smallest absolute Gasteiger partial charge is 0.164 e. The van der Waals surface area contributed by atoms with Crippen LogP contribution in [-0.2, 0) is 0 Å². The Balaban J connectivity index is 1.24. The van der Waals surface area contributed by atoms with Crippen molar-refractivity contribution in [2.45, 2.75) is 6.92 Å². The lowest BCUT2D eigenvalue weighted by Gasteiger charge is -2.28. The van der Waals surface area contributed by atoms with E-state index in [-0.39, 0.29) is 111 Å². The first-order valence-electron chi connectivity index (χ1n) is 21.7. The molecule has 26 radical (unpaired) electrons. The number of benzene rings is 9. The van der Waals surface area contributed by atoms with Gasteiger partial charge in [-0.2, -0.15) is 0 Å². The van der Waals surface area contributed by atoms with Gasteiger partial charge >= 0.3 is 0 Å². The maximum atomic E-state index is 6.99. The summed E-state index contributed by atoms with van der Waals surface area (Å²) in [5.74, 6) is 0.116. The Morgan fingerprint density at radius 3 is 1.41 bits per heavy atom. The highest BCUT2D eigenvalue weighted by molar-refractivity contribution is 6.69. The molecule has 4 nitrogen and oxygen atoms in total. The average Bonchev–Trinajstić information content (AvgIpc) is 3.71. The van der Waals surface area contributed by atoms with Gasteiger partial charge in [-0.1, -0.05) is 128 Å². The van der Waals surface area contributed by atoms with E-state index >= 15 is 0 Å². The SMILES string of the molecule is [B]c1c([B])c([B])c(-c2nc(-c3cc4c5ccccc5c5cccc6c5c4c(c3)n6-c3cccc(-c4ccccc4)c3)nc(-c3c([B])c([B])c(-c4c([B])c([B])c([B])c(C)c4[B])c([B])c3[B])n2)c([B])c1[B]. The summed E-state index contributed by atoms with van der Waals surface area (Å²) in [7, 11) is 86.1. The van der Waals surface area contributed by atoms with Crippen LogP contribution in [-0.4, -0.2) is 122 Å². The Morgan fingerprint density at radius 2 is 0.768 bits per heavy atom. The van der Waals surface area contributed by atoms with Crippen LogP contribution in [0.25, 0.3) is 105 Å². The fourth-order valence-corrected chi connectivity index (χ4v) is 9.82. The Labute approximate surface area is 417 Å². The molecule has 0 saturated carbocycles. The van der Waals surface area contributed by atoms with Crippen LogP contribution in [0.3, 0.4) is 0 Å². The Bertz CT molecular complexity index is 3940. The summed E-state index contributed by atoms with van der Waals surface area (Å²) in [5.41, 5.74) is 6.98. The zero-order chi connectivity index (χ0) is 48.5. The maximum absolute atomic E-state index is 6.99. The first-order chi connectivity index (χ1) is 33.1. The van der Waals surface area contributed by atoms with Crippen molar-refractivity contribution in [3.63, 3.8) is 0 Å². The molecule has 11 aromatic rings. The highest BCUT2D eigenvalue weighted by atomic mass is 15.0.